The largest absolute Gasteiger partial charge is 0.330 e. The van der Waals surface area contributed by atoms with E-state index in [1.165, 1.54) is 11.8 Å². The zero-order chi connectivity index (χ0) is 22.0. The summed E-state index contributed by atoms with van der Waals surface area (Å²) in [5, 5.41) is 9.40. The van der Waals surface area contributed by atoms with E-state index in [1.807, 2.05) is 53.4 Å². The number of thioether (sulfide) groups is 1. The summed E-state index contributed by atoms with van der Waals surface area (Å²) < 4.78 is 5.39. The fourth-order valence-electron chi connectivity index (χ4n) is 3.60. The Morgan fingerprint density at radius 2 is 1.84 bits per heavy atom. The first-order valence-electron chi connectivity index (χ1n) is 10.3. The molecule has 0 atom stereocenters. The van der Waals surface area contributed by atoms with Crippen LogP contribution in [0.5, 0.6) is 0 Å². The second-order valence-electron chi connectivity index (χ2n) is 7.23. The van der Waals surface area contributed by atoms with Crippen molar-refractivity contribution < 1.29 is 0 Å². The van der Waals surface area contributed by atoms with Crippen LogP contribution in [0.1, 0.15) is 32.5 Å². The number of rotatable bonds is 8. The molecule has 4 rings (SSSR count). The van der Waals surface area contributed by atoms with Crippen molar-refractivity contribution in [2.24, 2.45) is 7.05 Å². The number of unbranched alkanes of at least 4 members (excludes halogenated alkanes) is 1. The van der Waals surface area contributed by atoms with Crippen LogP contribution in [0.4, 0.5) is 0 Å². The molecule has 0 aliphatic rings. The smallest absolute Gasteiger partial charge is 0.322 e. The molecule has 0 fully saturated rings. The molecule has 1 N–H and O–H groups in total. The summed E-state index contributed by atoms with van der Waals surface area (Å²) >= 11 is 1.50. The minimum absolute atomic E-state index is 0.400. The highest BCUT2D eigenvalue weighted by Crippen LogP contribution is 2.26. The van der Waals surface area contributed by atoms with E-state index in [9.17, 15) is 9.59 Å². The third kappa shape index (κ3) is 3.95. The zero-order valence-corrected chi connectivity index (χ0v) is 18.6. The van der Waals surface area contributed by atoms with Crippen LogP contribution in [-0.4, -0.2) is 33.9 Å². The molecule has 0 unspecified atom stereocenters. The van der Waals surface area contributed by atoms with Crippen LogP contribution in [-0.2, 0) is 25.9 Å². The Labute approximate surface area is 183 Å². The van der Waals surface area contributed by atoms with Crippen LogP contribution in [0, 0.1) is 0 Å². The fraction of sp³-hybridized carbons (Fsp3) is 0.381. The Bertz CT molecular complexity index is 1320. The topological polar surface area (TPSA) is 103 Å². The normalized spacial score (nSPS) is 11.5. The first-order valence-corrected chi connectivity index (χ1v) is 11.3. The van der Waals surface area contributed by atoms with Gasteiger partial charge in [-0.05, 0) is 13.3 Å². The van der Waals surface area contributed by atoms with Crippen LogP contribution in [0.3, 0.4) is 0 Å². The van der Waals surface area contributed by atoms with E-state index in [0.717, 1.165) is 35.2 Å². The van der Waals surface area contributed by atoms with Gasteiger partial charge in [-0.1, -0.05) is 55.4 Å². The molecule has 31 heavy (non-hydrogen) atoms. The molecule has 9 nitrogen and oxygen atoms in total. The van der Waals surface area contributed by atoms with E-state index >= 15 is 0 Å². The van der Waals surface area contributed by atoms with Crippen molar-refractivity contribution in [1.29, 1.82) is 0 Å². The van der Waals surface area contributed by atoms with Crippen molar-refractivity contribution in [2.45, 2.75) is 50.7 Å². The highest BCUT2D eigenvalue weighted by Gasteiger charge is 2.19. The molecule has 0 saturated carbocycles. The molecular weight excluding hydrogens is 414 g/mol. The van der Waals surface area contributed by atoms with E-state index in [-0.39, 0.29) is 0 Å². The van der Waals surface area contributed by atoms with Gasteiger partial charge in [0.05, 0.1) is 5.75 Å². The van der Waals surface area contributed by atoms with Gasteiger partial charge in [-0.2, -0.15) is 0 Å². The zero-order valence-electron chi connectivity index (χ0n) is 17.8. The second-order valence-corrected chi connectivity index (χ2v) is 8.17. The molecule has 4 aromatic rings. The predicted molar refractivity (Wildman–Crippen MR) is 121 cm³/mol. The van der Waals surface area contributed by atoms with Gasteiger partial charge in [0.25, 0.3) is 5.56 Å². The van der Waals surface area contributed by atoms with Gasteiger partial charge >= 0.3 is 5.69 Å². The summed E-state index contributed by atoms with van der Waals surface area (Å²) in [6, 6.07) is 9.90. The number of fused-ring (bicyclic) bond motifs is 1. The molecule has 0 bridgehead atoms. The number of H-pyrrole nitrogens is 1. The van der Waals surface area contributed by atoms with E-state index < -0.39 is 11.2 Å². The maximum atomic E-state index is 12.5. The molecule has 1 aromatic carbocycles. The van der Waals surface area contributed by atoms with E-state index in [2.05, 4.69) is 22.1 Å². The third-order valence-electron chi connectivity index (χ3n) is 5.21. The summed E-state index contributed by atoms with van der Waals surface area (Å²) in [7, 11) is 1.93. The number of aromatic nitrogens is 7. The Kier molecular flexibility index (Phi) is 6.08. The van der Waals surface area contributed by atoms with Gasteiger partial charge in [0.1, 0.15) is 5.82 Å². The monoisotopic (exact) mass is 439 g/mol. The molecule has 3 aromatic heterocycles. The lowest BCUT2D eigenvalue weighted by Crippen LogP contribution is -2.31. The Balaban J connectivity index is 1.68. The number of nitrogens with zero attached hydrogens (tertiary/aromatic N) is 6. The number of hydrogen-bond donors (Lipinski definition) is 1. The molecule has 162 valence electrons. The lowest BCUT2D eigenvalue weighted by atomic mass is 10.2. The first-order chi connectivity index (χ1) is 15.0. The van der Waals surface area contributed by atoms with Crippen LogP contribution >= 0.6 is 11.8 Å². The summed E-state index contributed by atoms with van der Waals surface area (Å²) in [5.74, 6) is 2.02. The number of nitrogens with one attached hydrogen (secondary N) is 1. The molecule has 0 saturated heterocycles. The van der Waals surface area contributed by atoms with Gasteiger partial charge < -0.3 is 9.13 Å². The van der Waals surface area contributed by atoms with Crippen LogP contribution in [0.25, 0.3) is 22.6 Å². The minimum atomic E-state index is -0.410. The summed E-state index contributed by atoms with van der Waals surface area (Å²) in [6.07, 6.45) is 1.78. The molecule has 0 spiro atoms. The molecule has 0 amide bonds. The Morgan fingerprint density at radius 1 is 1.06 bits per heavy atom. The van der Waals surface area contributed by atoms with Crippen molar-refractivity contribution in [3.8, 4) is 11.4 Å². The van der Waals surface area contributed by atoms with E-state index in [0.29, 0.717) is 30.0 Å². The molecule has 0 radical (unpaired) electrons. The fourth-order valence-corrected chi connectivity index (χ4v) is 4.46. The molecule has 0 aliphatic heterocycles. The summed E-state index contributed by atoms with van der Waals surface area (Å²) in [5.41, 5.74) is 1.08. The molecule has 3 heterocycles. The highest BCUT2D eigenvalue weighted by atomic mass is 32.2. The first kappa shape index (κ1) is 21.1. The van der Waals surface area contributed by atoms with Gasteiger partial charge in [-0.25, -0.2) is 9.78 Å². The minimum Gasteiger partial charge on any atom is -0.322 e. The predicted octanol–water partition coefficient (Wildman–Crippen LogP) is 2.79. The standard InChI is InChI=1S/C21H25N7O2S/c1-4-6-12-28-18-16(19(29)23-20(28)30)27(5-2)15(22-18)13-31-21-25-24-17(26(21)3)14-10-8-7-9-11-14/h7-11H,4-6,12-13H2,1-3H3,(H,23,29,30). The van der Waals surface area contributed by atoms with Crippen molar-refractivity contribution >= 4 is 22.9 Å². The van der Waals surface area contributed by atoms with Crippen molar-refractivity contribution in [2.75, 3.05) is 0 Å². The second kappa shape index (κ2) is 8.93. The van der Waals surface area contributed by atoms with Gasteiger partial charge in [0.2, 0.25) is 0 Å². The van der Waals surface area contributed by atoms with Crippen LogP contribution in [0.15, 0.2) is 45.1 Å². The number of aryl methyl sites for hydroxylation is 2. The van der Waals surface area contributed by atoms with Crippen LogP contribution in [0.2, 0.25) is 0 Å². The maximum Gasteiger partial charge on any atom is 0.330 e. The van der Waals surface area contributed by atoms with Gasteiger partial charge in [-0.15, -0.1) is 10.2 Å². The number of imidazole rings is 1. The van der Waals surface area contributed by atoms with Crippen molar-refractivity contribution in [3.63, 3.8) is 0 Å². The quantitative estimate of drug-likeness (QED) is 0.424. The highest BCUT2D eigenvalue weighted by molar-refractivity contribution is 7.98. The number of aromatic amines is 1. The van der Waals surface area contributed by atoms with Crippen LogP contribution < -0.4 is 11.2 Å². The Hall–Kier alpha value is -3.14. The summed E-state index contributed by atoms with van der Waals surface area (Å²) in [6.45, 7) is 5.13. The average molecular weight is 440 g/mol. The molecular formula is C21H25N7O2S. The van der Waals surface area contributed by atoms with E-state index in [1.54, 1.807) is 4.57 Å². The maximum absolute atomic E-state index is 12.5. The third-order valence-corrected chi connectivity index (χ3v) is 6.23. The summed E-state index contributed by atoms with van der Waals surface area (Å²) in [4.78, 5) is 32.0. The lowest BCUT2D eigenvalue weighted by molar-refractivity contribution is 0.613. The number of benzene rings is 1. The van der Waals surface area contributed by atoms with Crippen molar-refractivity contribution in [3.05, 3.63) is 57.0 Å². The number of hydrogen-bond acceptors (Lipinski definition) is 6. The van der Waals surface area contributed by atoms with Gasteiger partial charge in [0.15, 0.2) is 22.1 Å². The van der Waals surface area contributed by atoms with E-state index in [4.69, 9.17) is 4.98 Å². The lowest BCUT2D eigenvalue weighted by Gasteiger charge is -2.06. The van der Waals surface area contributed by atoms with Crippen molar-refractivity contribution in [1.82, 2.24) is 33.9 Å². The van der Waals surface area contributed by atoms with Gasteiger partial charge in [-0.3, -0.25) is 14.3 Å². The Morgan fingerprint density at radius 3 is 2.55 bits per heavy atom. The average Bonchev–Trinajstić information content (AvgIpc) is 3.33. The SMILES string of the molecule is CCCCn1c(=O)[nH]c(=O)c2c1nc(CSc1nnc(-c3ccccc3)n1C)n2CC. The molecule has 10 heteroatoms. The van der Waals surface area contributed by atoms with Gasteiger partial charge in [0, 0.05) is 25.7 Å². The molecule has 0 aliphatic carbocycles.